The normalized spacial score (nSPS) is 12.6. The molecule has 32 heavy (non-hydrogen) atoms. The van der Waals surface area contributed by atoms with Gasteiger partial charge < -0.3 is 4.98 Å². The van der Waals surface area contributed by atoms with Crippen LogP contribution in [0.3, 0.4) is 0 Å². The second-order valence-corrected chi connectivity index (χ2v) is 11.2. The second-order valence-electron chi connectivity index (χ2n) is 8.70. The Bertz CT molecular complexity index is 1210. The third-order valence-electron chi connectivity index (χ3n) is 5.24. The van der Waals surface area contributed by atoms with Crippen LogP contribution < -0.4 is 16.4 Å². The highest BCUT2D eigenvalue weighted by Crippen LogP contribution is 2.26. The Balaban J connectivity index is 1.54. The lowest BCUT2D eigenvalue weighted by molar-refractivity contribution is -0.121. The summed E-state index contributed by atoms with van der Waals surface area (Å²) in [7, 11) is 0. The number of nitrogens with one attached hydrogen (secondary N) is 3. The van der Waals surface area contributed by atoms with E-state index < -0.39 is 5.25 Å². The molecule has 170 valence electrons. The number of aromatic amines is 1. The molecule has 0 saturated carbocycles. The lowest BCUT2D eigenvalue weighted by Gasteiger charge is -2.19. The smallest absolute Gasteiger partial charge is 0.269 e. The first-order chi connectivity index (χ1) is 15.0. The number of rotatable bonds is 5. The molecule has 1 aromatic carbocycles. The average molecular weight is 473 g/mol. The lowest BCUT2D eigenvalue weighted by atomic mass is 9.87. The van der Waals surface area contributed by atoms with Crippen molar-refractivity contribution < 1.29 is 9.59 Å². The summed E-state index contributed by atoms with van der Waals surface area (Å²) in [5.74, 6) is 0.186. The molecule has 1 unspecified atom stereocenters. The summed E-state index contributed by atoms with van der Waals surface area (Å²) in [5.41, 5.74) is 7.31. The van der Waals surface area contributed by atoms with Crippen molar-refractivity contribution in [1.82, 2.24) is 20.8 Å². The molecule has 0 spiro atoms. The Morgan fingerprint density at radius 1 is 1.16 bits per heavy atom. The molecule has 2 aromatic heterocycles. The number of aryl methyl sites for hydroxylation is 2. The minimum absolute atomic E-state index is 0.000699. The van der Waals surface area contributed by atoms with Gasteiger partial charge >= 0.3 is 0 Å². The minimum atomic E-state index is -0.452. The predicted molar refractivity (Wildman–Crippen MR) is 131 cm³/mol. The zero-order chi connectivity index (χ0) is 23.6. The van der Waals surface area contributed by atoms with E-state index in [9.17, 15) is 14.4 Å². The standard InChI is InChI=1S/C23H28N4O3S2/c1-12-13(2)32-22-18(12)21(30)24-17(25-22)11-31-14(3)19(28)26-27-20(29)15-7-9-16(10-8-15)23(4,5)6/h7-10,14H,11H2,1-6H3,(H,26,28)(H,27,29)(H,24,25,30). The molecule has 0 saturated heterocycles. The summed E-state index contributed by atoms with van der Waals surface area (Å²) < 4.78 is 0. The number of hydrogen-bond acceptors (Lipinski definition) is 6. The first-order valence-electron chi connectivity index (χ1n) is 10.3. The maximum atomic E-state index is 12.4. The van der Waals surface area contributed by atoms with Gasteiger partial charge in [-0.1, -0.05) is 32.9 Å². The van der Waals surface area contributed by atoms with E-state index in [1.165, 1.54) is 23.1 Å². The molecule has 3 N–H and O–H groups in total. The van der Waals surface area contributed by atoms with Crippen molar-refractivity contribution in [3.8, 4) is 0 Å². The van der Waals surface area contributed by atoms with Crippen LogP contribution in [-0.2, 0) is 16.0 Å². The van der Waals surface area contributed by atoms with Crippen LogP contribution >= 0.6 is 23.1 Å². The fourth-order valence-corrected chi connectivity index (χ4v) is 4.86. The van der Waals surface area contributed by atoms with Gasteiger partial charge in [-0.15, -0.1) is 23.1 Å². The maximum absolute atomic E-state index is 12.4. The van der Waals surface area contributed by atoms with Crippen molar-refractivity contribution in [2.45, 2.75) is 58.0 Å². The molecule has 9 heteroatoms. The van der Waals surface area contributed by atoms with Crippen LogP contribution in [0.2, 0.25) is 0 Å². The van der Waals surface area contributed by atoms with Gasteiger partial charge in [-0.25, -0.2) is 4.98 Å². The molecule has 0 bridgehead atoms. The van der Waals surface area contributed by atoms with E-state index in [0.717, 1.165) is 16.0 Å². The highest BCUT2D eigenvalue weighted by atomic mass is 32.2. The first kappa shape index (κ1) is 24.0. The zero-order valence-electron chi connectivity index (χ0n) is 19.1. The largest absolute Gasteiger partial charge is 0.309 e. The van der Waals surface area contributed by atoms with E-state index >= 15 is 0 Å². The minimum Gasteiger partial charge on any atom is -0.309 e. The highest BCUT2D eigenvalue weighted by Gasteiger charge is 2.18. The quantitative estimate of drug-likeness (QED) is 0.487. The monoisotopic (exact) mass is 472 g/mol. The van der Waals surface area contributed by atoms with Crippen molar-refractivity contribution in [3.05, 3.63) is 62.0 Å². The molecule has 3 aromatic rings. The van der Waals surface area contributed by atoms with Crippen molar-refractivity contribution in [1.29, 1.82) is 0 Å². The van der Waals surface area contributed by atoms with Crippen LogP contribution in [0.1, 0.15) is 59.9 Å². The summed E-state index contributed by atoms with van der Waals surface area (Å²) in [4.78, 5) is 46.2. The maximum Gasteiger partial charge on any atom is 0.269 e. The predicted octanol–water partition coefficient (Wildman–Crippen LogP) is 3.98. The van der Waals surface area contributed by atoms with Crippen molar-refractivity contribution in [2.24, 2.45) is 0 Å². The van der Waals surface area contributed by atoms with Crippen molar-refractivity contribution >= 4 is 45.1 Å². The lowest BCUT2D eigenvalue weighted by Crippen LogP contribution is -2.45. The van der Waals surface area contributed by atoms with Gasteiger partial charge in [0.1, 0.15) is 10.7 Å². The number of nitrogens with zero attached hydrogens (tertiary/aromatic N) is 1. The van der Waals surface area contributed by atoms with Gasteiger partial charge in [0, 0.05) is 10.4 Å². The number of amides is 2. The number of fused-ring (bicyclic) bond motifs is 1. The number of thioether (sulfide) groups is 1. The Kier molecular flexibility index (Phi) is 7.09. The molecule has 1 atom stereocenters. The van der Waals surface area contributed by atoms with Crippen molar-refractivity contribution in [2.75, 3.05) is 0 Å². The summed E-state index contributed by atoms with van der Waals surface area (Å²) in [6.45, 7) is 11.9. The molecule has 3 rings (SSSR count). The van der Waals surface area contributed by atoms with E-state index in [1.54, 1.807) is 19.1 Å². The van der Waals surface area contributed by atoms with Gasteiger partial charge in [-0.05, 0) is 49.4 Å². The fraction of sp³-hybridized carbons (Fsp3) is 0.391. The summed E-state index contributed by atoms with van der Waals surface area (Å²) in [6.07, 6.45) is 0. The van der Waals surface area contributed by atoms with Gasteiger partial charge in [0.05, 0.1) is 16.4 Å². The van der Waals surface area contributed by atoms with Crippen LogP contribution in [0.25, 0.3) is 10.2 Å². The second kappa shape index (κ2) is 9.46. The van der Waals surface area contributed by atoms with E-state index in [-0.39, 0.29) is 22.8 Å². The van der Waals surface area contributed by atoms with Gasteiger partial charge in [-0.3, -0.25) is 25.2 Å². The molecule has 0 aliphatic heterocycles. The van der Waals surface area contributed by atoms with E-state index in [1.807, 2.05) is 26.0 Å². The Hall–Kier alpha value is -2.65. The Morgan fingerprint density at radius 2 is 1.81 bits per heavy atom. The molecular formula is C23H28N4O3S2. The summed E-state index contributed by atoms with van der Waals surface area (Å²) >= 11 is 2.82. The summed E-state index contributed by atoms with van der Waals surface area (Å²) in [6, 6.07) is 7.31. The molecule has 0 radical (unpaired) electrons. The third-order valence-corrected chi connectivity index (χ3v) is 7.50. The van der Waals surface area contributed by atoms with E-state index in [4.69, 9.17) is 0 Å². The molecule has 0 aliphatic carbocycles. The number of aromatic nitrogens is 2. The SMILES string of the molecule is Cc1sc2nc(CSC(C)C(=O)NNC(=O)c3ccc(C(C)(C)C)cc3)[nH]c(=O)c2c1C. The van der Waals surface area contributed by atoms with Gasteiger partial charge in [0.15, 0.2) is 0 Å². The van der Waals surface area contributed by atoms with Gasteiger partial charge in [0.25, 0.3) is 17.4 Å². The number of H-pyrrole nitrogens is 1. The number of carbonyl (C=O) groups is 2. The topological polar surface area (TPSA) is 104 Å². The van der Waals surface area contributed by atoms with Crippen molar-refractivity contribution in [3.63, 3.8) is 0 Å². The van der Waals surface area contributed by atoms with E-state index in [0.29, 0.717) is 27.4 Å². The average Bonchev–Trinajstić information content (AvgIpc) is 3.03. The zero-order valence-corrected chi connectivity index (χ0v) is 20.7. The molecular weight excluding hydrogens is 444 g/mol. The van der Waals surface area contributed by atoms with E-state index in [2.05, 4.69) is 41.6 Å². The van der Waals surface area contributed by atoms with Gasteiger partial charge in [0.2, 0.25) is 0 Å². The van der Waals surface area contributed by atoms with Crippen LogP contribution in [-0.4, -0.2) is 27.0 Å². The number of hydrogen-bond donors (Lipinski definition) is 3. The summed E-state index contributed by atoms with van der Waals surface area (Å²) in [5, 5.41) is 0.177. The third kappa shape index (κ3) is 5.39. The fourth-order valence-electron chi connectivity index (χ4n) is 3.06. The number of benzene rings is 1. The van der Waals surface area contributed by atoms with Gasteiger partial charge in [-0.2, -0.15) is 0 Å². The molecule has 0 fully saturated rings. The molecule has 2 amide bonds. The van der Waals surface area contributed by atoms with Crippen LogP contribution in [0, 0.1) is 13.8 Å². The van der Waals surface area contributed by atoms with Crippen LogP contribution in [0.4, 0.5) is 0 Å². The Labute approximate surface area is 195 Å². The highest BCUT2D eigenvalue weighted by molar-refractivity contribution is 7.99. The number of hydrazine groups is 1. The Morgan fingerprint density at radius 3 is 2.44 bits per heavy atom. The number of carbonyl (C=O) groups excluding carboxylic acids is 2. The molecule has 2 heterocycles. The molecule has 7 nitrogen and oxygen atoms in total. The number of thiophene rings is 1. The van der Waals surface area contributed by atoms with Crippen LogP contribution in [0.5, 0.6) is 0 Å². The molecule has 0 aliphatic rings. The first-order valence-corrected chi connectivity index (χ1v) is 12.1. The van der Waals surface area contributed by atoms with Crippen LogP contribution in [0.15, 0.2) is 29.1 Å².